The average Bonchev–Trinajstić information content (AvgIpc) is 3.08. The molecule has 0 bridgehead atoms. The number of benzene rings is 1. The van der Waals surface area contributed by atoms with Crippen molar-refractivity contribution in [3.8, 4) is 11.3 Å². The van der Waals surface area contributed by atoms with Gasteiger partial charge in [0.15, 0.2) is 0 Å². The van der Waals surface area contributed by atoms with Crippen LogP contribution < -0.4 is 0 Å². The van der Waals surface area contributed by atoms with Gasteiger partial charge in [0.05, 0.1) is 29.0 Å². The largest absolute Gasteiger partial charge is 0.271 e. The second-order valence-electron chi connectivity index (χ2n) is 4.75. The first kappa shape index (κ1) is 14.0. The molecule has 0 saturated carbocycles. The van der Waals surface area contributed by atoms with E-state index in [0.29, 0.717) is 6.54 Å². The van der Waals surface area contributed by atoms with E-state index in [0.717, 1.165) is 28.0 Å². The van der Waals surface area contributed by atoms with Gasteiger partial charge in [-0.2, -0.15) is 10.2 Å². The predicted molar refractivity (Wildman–Crippen MR) is 82.3 cm³/mol. The van der Waals surface area contributed by atoms with Gasteiger partial charge >= 0.3 is 0 Å². The number of rotatable bonds is 4. The average molecular weight is 349 g/mol. The van der Waals surface area contributed by atoms with Gasteiger partial charge in [0.25, 0.3) is 0 Å². The Balaban J connectivity index is 1.93. The lowest BCUT2D eigenvalue weighted by atomic mass is 10.1. The Labute approximate surface area is 130 Å². The summed E-state index contributed by atoms with van der Waals surface area (Å²) in [4.78, 5) is 0. The third-order valence-electron chi connectivity index (χ3n) is 3.27. The van der Waals surface area contributed by atoms with E-state index >= 15 is 0 Å². The molecular weight excluding hydrogens is 335 g/mol. The molecule has 0 atom stereocenters. The van der Waals surface area contributed by atoms with Gasteiger partial charge in [0.2, 0.25) is 0 Å². The topological polar surface area (TPSA) is 35.6 Å². The van der Waals surface area contributed by atoms with Gasteiger partial charge < -0.3 is 0 Å². The summed E-state index contributed by atoms with van der Waals surface area (Å²) < 4.78 is 17.8. The zero-order valence-electron chi connectivity index (χ0n) is 11.5. The minimum absolute atomic E-state index is 0.241. The zero-order chi connectivity index (χ0) is 14.8. The molecule has 0 radical (unpaired) electrons. The van der Waals surface area contributed by atoms with Gasteiger partial charge in [0, 0.05) is 18.0 Å². The van der Waals surface area contributed by atoms with Crippen molar-refractivity contribution in [1.29, 1.82) is 0 Å². The van der Waals surface area contributed by atoms with Crippen molar-refractivity contribution in [2.45, 2.75) is 20.0 Å². The van der Waals surface area contributed by atoms with Crippen LogP contribution in [0.25, 0.3) is 11.3 Å². The molecule has 6 heteroatoms. The van der Waals surface area contributed by atoms with Crippen molar-refractivity contribution in [3.05, 3.63) is 58.7 Å². The summed E-state index contributed by atoms with van der Waals surface area (Å²) in [6, 6.07) is 8.34. The SMILES string of the molecule is Cc1nn(CCn2cccn2)c(-c2ccc(F)cc2)c1Br. The molecule has 21 heavy (non-hydrogen) atoms. The maximum absolute atomic E-state index is 13.1. The number of aryl methyl sites for hydroxylation is 3. The van der Waals surface area contributed by atoms with Crippen LogP contribution in [0.3, 0.4) is 0 Å². The van der Waals surface area contributed by atoms with Crippen molar-refractivity contribution in [1.82, 2.24) is 19.6 Å². The van der Waals surface area contributed by atoms with Crippen LogP contribution in [-0.2, 0) is 13.1 Å². The second kappa shape index (κ2) is 5.81. The second-order valence-corrected chi connectivity index (χ2v) is 5.54. The highest BCUT2D eigenvalue weighted by atomic mass is 79.9. The smallest absolute Gasteiger partial charge is 0.123 e. The third kappa shape index (κ3) is 2.90. The highest BCUT2D eigenvalue weighted by molar-refractivity contribution is 9.10. The Hall–Kier alpha value is -1.95. The molecule has 4 nitrogen and oxygen atoms in total. The maximum Gasteiger partial charge on any atom is 0.123 e. The first-order valence-electron chi connectivity index (χ1n) is 6.61. The van der Waals surface area contributed by atoms with Crippen LogP contribution in [0.4, 0.5) is 4.39 Å². The molecule has 0 unspecified atom stereocenters. The lowest BCUT2D eigenvalue weighted by molar-refractivity contribution is 0.501. The summed E-state index contributed by atoms with van der Waals surface area (Å²) in [7, 11) is 0. The van der Waals surface area contributed by atoms with Gasteiger partial charge in [-0.3, -0.25) is 9.36 Å². The van der Waals surface area contributed by atoms with Gasteiger partial charge in [-0.1, -0.05) is 0 Å². The lowest BCUT2D eigenvalue weighted by Gasteiger charge is -2.08. The van der Waals surface area contributed by atoms with Crippen LogP contribution in [0, 0.1) is 12.7 Å². The monoisotopic (exact) mass is 348 g/mol. The number of hydrogen-bond acceptors (Lipinski definition) is 2. The molecule has 0 aliphatic heterocycles. The molecule has 3 rings (SSSR count). The van der Waals surface area contributed by atoms with E-state index in [2.05, 4.69) is 26.1 Å². The first-order chi connectivity index (χ1) is 10.1. The molecule has 0 fully saturated rings. The summed E-state index contributed by atoms with van der Waals surface area (Å²) in [5.41, 5.74) is 2.80. The summed E-state index contributed by atoms with van der Waals surface area (Å²) in [5.74, 6) is -0.241. The number of aromatic nitrogens is 4. The van der Waals surface area contributed by atoms with E-state index in [1.165, 1.54) is 12.1 Å². The molecule has 0 amide bonds. The Kier molecular flexibility index (Phi) is 3.88. The standard InChI is InChI=1S/C15H14BrFN4/c1-11-14(16)15(12-3-5-13(17)6-4-12)21(19-11)10-9-20-8-2-7-18-20/h2-8H,9-10H2,1H3. The van der Waals surface area contributed by atoms with Crippen molar-refractivity contribution < 1.29 is 4.39 Å². The molecule has 0 aliphatic rings. The Morgan fingerprint density at radius 1 is 1.19 bits per heavy atom. The fraction of sp³-hybridized carbons (Fsp3) is 0.200. The molecule has 3 aromatic rings. The highest BCUT2D eigenvalue weighted by Gasteiger charge is 2.15. The Bertz CT molecular complexity index is 732. The van der Waals surface area contributed by atoms with Crippen LogP contribution in [0.5, 0.6) is 0 Å². The number of hydrogen-bond donors (Lipinski definition) is 0. The van der Waals surface area contributed by atoms with E-state index in [1.807, 2.05) is 28.6 Å². The van der Waals surface area contributed by atoms with Crippen LogP contribution in [0.1, 0.15) is 5.69 Å². The molecule has 0 N–H and O–H groups in total. The van der Waals surface area contributed by atoms with Crippen molar-refractivity contribution >= 4 is 15.9 Å². The predicted octanol–water partition coefficient (Wildman–Crippen LogP) is 3.66. The summed E-state index contributed by atoms with van der Waals surface area (Å²) >= 11 is 3.58. The van der Waals surface area contributed by atoms with E-state index in [9.17, 15) is 4.39 Å². The van der Waals surface area contributed by atoms with Gasteiger partial charge in [-0.25, -0.2) is 4.39 Å². The molecule has 0 saturated heterocycles. The molecule has 108 valence electrons. The Morgan fingerprint density at radius 2 is 1.95 bits per heavy atom. The summed E-state index contributed by atoms with van der Waals surface area (Å²) in [6.45, 7) is 3.37. The molecular formula is C15H14BrFN4. The van der Waals surface area contributed by atoms with Gasteiger partial charge in [0.1, 0.15) is 5.82 Å². The third-order valence-corrected chi connectivity index (χ3v) is 4.22. The normalized spacial score (nSPS) is 11.0. The van der Waals surface area contributed by atoms with Gasteiger partial charge in [-0.15, -0.1) is 0 Å². The maximum atomic E-state index is 13.1. The van der Waals surface area contributed by atoms with Crippen molar-refractivity contribution in [2.24, 2.45) is 0 Å². The molecule has 2 heterocycles. The van der Waals surface area contributed by atoms with Gasteiger partial charge in [-0.05, 0) is 53.2 Å². The van der Waals surface area contributed by atoms with E-state index in [-0.39, 0.29) is 5.82 Å². The zero-order valence-corrected chi connectivity index (χ0v) is 13.1. The van der Waals surface area contributed by atoms with Crippen LogP contribution in [0.15, 0.2) is 47.2 Å². The van der Waals surface area contributed by atoms with Crippen molar-refractivity contribution in [2.75, 3.05) is 0 Å². The molecule has 1 aromatic carbocycles. The van der Waals surface area contributed by atoms with E-state index in [1.54, 1.807) is 18.3 Å². The quantitative estimate of drug-likeness (QED) is 0.721. The molecule has 2 aromatic heterocycles. The van der Waals surface area contributed by atoms with E-state index in [4.69, 9.17) is 0 Å². The molecule has 0 spiro atoms. The molecule has 0 aliphatic carbocycles. The number of halogens is 2. The highest BCUT2D eigenvalue weighted by Crippen LogP contribution is 2.31. The van der Waals surface area contributed by atoms with Crippen molar-refractivity contribution in [3.63, 3.8) is 0 Å². The summed E-state index contributed by atoms with van der Waals surface area (Å²) in [6.07, 6.45) is 3.67. The fourth-order valence-corrected chi connectivity index (χ4v) is 2.75. The van der Waals surface area contributed by atoms with Crippen LogP contribution in [0.2, 0.25) is 0 Å². The van der Waals surface area contributed by atoms with Crippen LogP contribution in [-0.4, -0.2) is 19.6 Å². The fourth-order valence-electron chi connectivity index (χ4n) is 2.23. The van der Waals surface area contributed by atoms with E-state index < -0.39 is 0 Å². The van der Waals surface area contributed by atoms with Crippen LogP contribution >= 0.6 is 15.9 Å². The number of nitrogens with zero attached hydrogens (tertiary/aromatic N) is 4. The minimum Gasteiger partial charge on any atom is -0.271 e. The first-order valence-corrected chi connectivity index (χ1v) is 7.41. The summed E-state index contributed by atoms with van der Waals surface area (Å²) in [5, 5.41) is 8.73. The Morgan fingerprint density at radius 3 is 2.62 bits per heavy atom. The minimum atomic E-state index is -0.241. The lowest BCUT2D eigenvalue weighted by Crippen LogP contribution is -2.10.